The zero-order valence-corrected chi connectivity index (χ0v) is 13.0. The van der Waals surface area contributed by atoms with E-state index in [0.29, 0.717) is 0 Å². The third kappa shape index (κ3) is 3.53. The van der Waals surface area contributed by atoms with E-state index in [0.717, 1.165) is 25.7 Å². The summed E-state index contributed by atoms with van der Waals surface area (Å²) < 4.78 is 6.16. The van der Waals surface area contributed by atoms with Crippen molar-refractivity contribution in [2.24, 2.45) is 0 Å². The van der Waals surface area contributed by atoms with E-state index in [9.17, 15) is 0 Å². The number of benzene rings is 1. The summed E-state index contributed by atoms with van der Waals surface area (Å²) in [5.41, 5.74) is 4.22. The summed E-state index contributed by atoms with van der Waals surface area (Å²) >= 11 is 0. The zero-order chi connectivity index (χ0) is 14.4. The van der Waals surface area contributed by atoms with Crippen molar-refractivity contribution in [3.63, 3.8) is 0 Å². The van der Waals surface area contributed by atoms with E-state index in [4.69, 9.17) is 4.42 Å². The predicted molar refractivity (Wildman–Crippen MR) is 85.3 cm³/mol. The Labute approximate surface area is 123 Å². The Morgan fingerprint density at radius 1 is 0.900 bits per heavy atom. The molecule has 0 saturated carbocycles. The second-order valence-corrected chi connectivity index (χ2v) is 5.49. The average molecular weight is 270 g/mol. The number of hydrogen-bond donors (Lipinski definition) is 0. The number of unbranched alkanes of at least 4 members (excludes halogenated alkanes) is 1. The molecule has 2 aromatic rings. The van der Waals surface area contributed by atoms with Crippen molar-refractivity contribution in [2.75, 3.05) is 0 Å². The van der Waals surface area contributed by atoms with Crippen LogP contribution in [-0.4, -0.2) is 0 Å². The van der Waals surface area contributed by atoms with Gasteiger partial charge >= 0.3 is 0 Å². The van der Waals surface area contributed by atoms with Crippen LogP contribution in [0.3, 0.4) is 0 Å². The van der Waals surface area contributed by atoms with Gasteiger partial charge in [-0.05, 0) is 42.9 Å². The van der Waals surface area contributed by atoms with Gasteiger partial charge in [-0.2, -0.15) is 0 Å². The standard InChI is InChI=1S/C19H26O/c1-4-6-12-19-17(5-2)15(3)18(20-19)14-13-16-10-8-7-9-11-16/h7-11H,4-6,12-14H2,1-3H3. The van der Waals surface area contributed by atoms with E-state index in [1.807, 2.05) is 0 Å². The van der Waals surface area contributed by atoms with Gasteiger partial charge < -0.3 is 4.42 Å². The Hall–Kier alpha value is -1.50. The second-order valence-electron chi connectivity index (χ2n) is 5.49. The van der Waals surface area contributed by atoms with Crippen LogP contribution < -0.4 is 0 Å². The van der Waals surface area contributed by atoms with Gasteiger partial charge in [-0.25, -0.2) is 0 Å². The fraction of sp³-hybridized carbons (Fsp3) is 0.474. The van der Waals surface area contributed by atoms with Crippen LogP contribution in [0.15, 0.2) is 34.7 Å². The van der Waals surface area contributed by atoms with Gasteiger partial charge in [-0.15, -0.1) is 0 Å². The Bertz CT molecular complexity index is 522. The Morgan fingerprint density at radius 2 is 1.65 bits per heavy atom. The molecule has 0 unspecified atom stereocenters. The molecular weight excluding hydrogens is 244 g/mol. The zero-order valence-electron chi connectivity index (χ0n) is 13.0. The van der Waals surface area contributed by atoms with E-state index >= 15 is 0 Å². The van der Waals surface area contributed by atoms with Crippen molar-refractivity contribution in [2.45, 2.75) is 59.3 Å². The first-order chi connectivity index (χ1) is 9.76. The lowest BCUT2D eigenvalue weighted by atomic mass is 10.0. The fourth-order valence-corrected chi connectivity index (χ4v) is 2.81. The Morgan fingerprint density at radius 3 is 2.30 bits per heavy atom. The van der Waals surface area contributed by atoms with Crippen LogP contribution in [0.2, 0.25) is 0 Å². The minimum absolute atomic E-state index is 1.01. The summed E-state index contributed by atoms with van der Waals surface area (Å²) in [4.78, 5) is 0. The number of furan rings is 1. The van der Waals surface area contributed by atoms with Crippen LogP contribution in [0.4, 0.5) is 0 Å². The van der Waals surface area contributed by atoms with Crippen LogP contribution in [0.25, 0.3) is 0 Å². The monoisotopic (exact) mass is 270 g/mol. The molecule has 1 heteroatoms. The van der Waals surface area contributed by atoms with Crippen molar-refractivity contribution in [3.8, 4) is 0 Å². The lowest BCUT2D eigenvalue weighted by molar-refractivity contribution is 0.454. The number of hydrogen-bond acceptors (Lipinski definition) is 1. The van der Waals surface area contributed by atoms with Gasteiger partial charge in [0.2, 0.25) is 0 Å². The third-order valence-electron chi connectivity index (χ3n) is 4.05. The summed E-state index contributed by atoms with van der Waals surface area (Å²) in [6.07, 6.45) is 6.69. The van der Waals surface area contributed by atoms with Crippen molar-refractivity contribution in [3.05, 3.63) is 58.5 Å². The van der Waals surface area contributed by atoms with Crippen molar-refractivity contribution < 1.29 is 4.42 Å². The average Bonchev–Trinajstić information content (AvgIpc) is 2.79. The molecule has 0 radical (unpaired) electrons. The van der Waals surface area contributed by atoms with Crippen LogP contribution in [0.5, 0.6) is 0 Å². The maximum atomic E-state index is 6.16. The SMILES string of the molecule is CCCCc1oc(CCc2ccccc2)c(C)c1CC. The number of rotatable bonds is 7. The molecule has 108 valence electrons. The van der Waals surface area contributed by atoms with Gasteiger partial charge in [-0.1, -0.05) is 50.6 Å². The molecule has 0 bridgehead atoms. The quantitative estimate of drug-likeness (QED) is 0.667. The van der Waals surface area contributed by atoms with E-state index in [1.165, 1.54) is 41.1 Å². The highest BCUT2D eigenvalue weighted by Gasteiger charge is 2.14. The van der Waals surface area contributed by atoms with E-state index < -0.39 is 0 Å². The van der Waals surface area contributed by atoms with Crippen LogP contribution in [0.1, 0.15) is 54.9 Å². The van der Waals surface area contributed by atoms with E-state index in [-0.39, 0.29) is 0 Å². The molecular formula is C19H26O. The lowest BCUT2D eigenvalue weighted by Crippen LogP contribution is -1.92. The highest BCUT2D eigenvalue weighted by atomic mass is 16.3. The minimum atomic E-state index is 1.01. The molecule has 0 fully saturated rings. The second kappa shape index (κ2) is 7.33. The summed E-state index contributed by atoms with van der Waals surface area (Å²) in [7, 11) is 0. The topological polar surface area (TPSA) is 13.1 Å². The van der Waals surface area contributed by atoms with Gasteiger partial charge in [-0.3, -0.25) is 0 Å². The Kier molecular flexibility index (Phi) is 5.46. The normalized spacial score (nSPS) is 10.9. The summed E-state index contributed by atoms with van der Waals surface area (Å²) in [5, 5.41) is 0. The van der Waals surface area contributed by atoms with Gasteiger partial charge in [0.15, 0.2) is 0 Å². The molecule has 0 aliphatic heterocycles. The maximum absolute atomic E-state index is 6.16. The summed E-state index contributed by atoms with van der Waals surface area (Å²) in [6.45, 7) is 6.68. The molecule has 1 heterocycles. The Balaban J connectivity index is 2.09. The molecule has 0 atom stereocenters. The first-order valence-electron chi connectivity index (χ1n) is 7.90. The highest BCUT2D eigenvalue weighted by molar-refractivity contribution is 5.33. The molecule has 0 aliphatic carbocycles. The number of aryl methyl sites for hydroxylation is 3. The molecule has 20 heavy (non-hydrogen) atoms. The molecule has 0 spiro atoms. The molecule has 0 saturated heterocycles. The maximum Gasteiger partial charge on any atom is 0.107 e. The van der Waals surface area contributed by atoms with E-state index in [2.05, 4.69) is 51.1 Å². The highest BCUT2D eigenvalue weighted by Crippen LogP contribution is 2.25. The summed E-state index contributed by atoms with van der Waals surface area (Å²) in [5.74, 6) is 2.42. The summed E-state index contributed by atoms with van der Waals surface area (Å²) in [6, 6.07) is 10.7. The smallest absolute Gasteiger partial charge is 0.107 e. The van der Waals surface area contributed by atoms with Gasteiger partial charge in [0.05, 0.1) is 0 Å². The van der Waals surface area contributed by atoms with Crippen LogP contribution in [-0.2, 0) is 25.7 Å². The van der Waals surface area contributed by atoms with Crippen molar-refractivity contribution in [1.29, 1.82) is 0 Å². The minimum Gasteiger partial charge on any atom is -0.465 e. The first kappa shape index (κ1) is 14.9. The first-order valence-corrected chi connectivity index (χ1v) is 7.90. The molecule has 1 aromatic heterocycles. The van der Waals surface area contributed by atoms with Crippen molar-refractivity contribution in [1.82, 2.24) is 0 Å². The largest absolute Gasteiger partial charge is 0.465 e. The van der Waals surface area contributed by atoms with Gasteiger partial charge in [0, 0.05) is 12.8 Å². The lowest BCUT2D eigenvalue weighted by Gasteiger charge is -2.00. The van der Waals surface area contributed by atoms with Crippen LogP contribution >= 0.6 is 0 Å². The molecule has 1 nitrogen and oxygen atoms in total. The fourth-order valence-electron chi connectivity index (χ4n) is 2.81. The molecule has 0 aliphatic rings. The molecule has 0 amide bonds. The van der Waals surface area contributed by atoms with Gasteiger partial charge in [0.1, 0.15) is 11.5 Å². The third-order valence-corrected chi connectivity index (χ3v) is 4.05. The molecule has 0 N–H and O–H groups in total. The van der Waals surface area contributed by atoms with Crippen molar-refractivity contribution >= 4 is 0 Å². The predicted octanol–water partition coefficient (Wildman–Crippen LogP) is 5.28. The molecule has 1 aromatic carbocycles. The molecule has 2 rings (SSSR count). The van der Waals surface area contributed by atoms with E-state index in [1.54, 1.807) is 0 Å². The van der Waals surface area contributed by atoms with Gasteiger partial charge in [0.25, 0.3) is 0 Å². The van der Waals surface area contributed by atoms with Crippen LogP contribution in [0, 0.1) is 6.92 Å².